The molecule has 0 spiro atoms. The van der Waals surface area contributed by atoms with Gasteiger partial charge in [-0.15, -0.1) is 0 Å². The molecule has 0 atom stereocenters. The van der Waals surface area contributed by atoms with Crippen LogP contribution in [0.4, 0.5) is 0 Å². The van der Waals surface area contributed by atoms with Crippen molar-refractivity contribution < 1.29 is 0 Å². The number of rotatable bonds is 4. The maximum absolute atomic E-state index is 2.58. The largest absolute Gasteiger partial charge is 0.308 e. The van der Waals surface area contributed by atoms with Crippen molar-refractivity contribution >= 4 is 21.8 Å². The van der Waals surface area contributed by atoms with Crippen molar-refractivity contribution in [2.75, 3.05) is 0 Å². The number of para-hydroxylation sites is 2. The zero-order valence-corrected chi connectivity index (χ0v) is 33.3. The van der Waals surface area contributed by atoms with Gasteiger partial charge in [-0.3, -0.25) is 0 Å². The van der Waals surface area contributed by atoms with Crippen molar-refractivity contribution in [3.05, 3.63) is 125 Å². The zero-order valence-electron chi connectivity index (χ0n) is 33.3. The van der Waals surface area contributed by atoms with E-state index in [-0.39, 0.29) is 21.7 Å². The van der Waals surface area contributed by atoms with Crippen LogP contribution in [0.25, 0.3) is 49.7 Å². The predicted octanol–water partition coefficient (Wildman–Crippen LogP) is 14.4. The van der Waals surface area contributed by atoms with E-state index >= 15 is 0 Å². The molecule has 0 unspecified atom stereocenters. The summed E-state index contributed by atoms with van der Waals surface area (Å²) in [5.41, 5.74) is 16.0. The molecule has 0 aliphatic carbocycles. The normalized spacial score (nSPS) is 13.2. The van der Waals surface area contributed by atoms with Gasteiger partial charge >= 0.3 is 0 Å². The van der Waals surface area contributed by atoms with Gasteiger partial charge in [0.05, 0.1) is 16.7 Å². The van der Waals surface area contributed by atoms with Gasteiger partial charge in [-0.2, -0.15) is 0 Å². The lowest BCUT2D eigenvalue weighted by Crippen LogP contribution is -2.17. The van der Waals surface area contributed by atoms with Crippen LogP contribution in [0.1, 0.15) is 131 Å². The van der Waals surface area contributed by atoms with Gasteiger partial charge in [0.2, 0.25) is 0 Å². The lowest BCUT2D eigenvalue weighted by molar-refractivity contribution is 0.568. The molecule has 50 heavy (non-hydrogen) atoms. The predicted molar refractivity (Wildman–Crippen MR) is 221 cm³/mol. The summed E-state index contributed by atoms with van der Waals surface area (Å²) in [5, 5.41) is 2.58. The van der Waals surface area contributed by atoms with E-state index in [2.05, 4.69) is 199 Å². The Hall–Kier alpha value is -4.10. The third kappa shape index (κ3) is 6.57. The lowest BCUT2D eigenvalue weighted by Gasteiger charge is -2.28. The molecule has 0 aliphatic rings. The third-order valence-electron chi connectivity index (χ3n) is 10.5. The van der Waals surface area contributed by atoms with Crippen LogP contribution >= 0.6 is 0 Å². The third-order valence-corrected chi connectivity index (χ3v) is 10.5. The molecular formula is C49H59N. The van der Waals surface area contributed by atoms with Crippen LogP contribution in [0.15, 0.2) is 97.1 Å². The second-order valence-electron chi connectivity index (χ2n) is 19.0. The van der Waals surface area contributed by atoms with E-state index in [0.29, 0.717) is 5.92 Å². The topological polar surface area (TPSA) is 4.93 Å². The first kappa shape index (κ1) is 35.7. The molecule has 0 radical (unpaired) electrons. The quantitative estimate of drug-likeness (QED) is 0.177. The molecule has 0 bridgehead atoms. The van der Waals surface area contributed by atoms with Gasteiger partial charge < -0.3 is 4.57 Å². The first-order valence-corrected chi connectivity index (χ1v) is 18.6. The minimum Gasteiger partial charge on any atom is -0.308 e. The Labute approximate surface area is 302 Å². The molecule has 0 saturated carbocycles. The van der Waals surface area contributed by atoms with E-state index in [4.69, 9.17) is 0 Å². The molecule has 5 aromatic carbocycles. The average molecular weight is 662 g/mol. The van der Waals surface area contributed by atoms with Gasteiger partial charge in [-0.1, -0.05) is 182 Å². The van der Waals surface area contributed by atoms with E-state index in [1.165, 1.54) is 77.6 Å². The van der Waals surface area contributed by atoms with Crippen molar-refractivity contribution in [2.45, 2.75) is 125 Å². The van der Waals surface area contributed by atoms with Crippen molar-refractivity contribution in [1.29, 1.82) is 0 Å². The molecule has 0 amide bonds. The summed E-state index contributed by atoms with van der Waals surface area (Å²) in [6, 6.07) is 37.5. The number of hydrogen-bond acceptors (Lipinski definition) is 0. The Morgan fingerprint density at radius 3 is 1.34 bits per heavy atom. The van der Waals surface area contributed by atoms with Crippen molar-refractivity contribution in [2.24, 2.45) is 0 Å². The highest BCUT2D eigenvalue weighted by Crippen LogP contribution is 2.44. The number of aromatic nitrogens is 1. The summed E-state index contributed by atoms with van der Waals surface area (Å²) < 4.78 is 2.58. The Morgan fingerprint density at radius 2 is 0.860 bits per heavy atom. The number of nitrogens with zero attached hydrogens (tertiary/aromatic N) is 1. The van der Waals surface area contributed by atoms with Crippen molar-refractivity contribution in [3.63, 3.8) is 0 Å². The fourth-order valence-corrected chi connectivity index (χ4v) is 7.41. The smallest absolute Gasteiger partial charge is 0.0619 e. The van der Waals surface area contributed by atoms with E-state index in [9.17, 15) is 0 Å². The molecular weight excluding hydrogens is 603 g/mol. The molecule has 1 nitrogen and oxygen atoms in total. The molecule has 260 valence electrons. The minimum atomic E-state index is 0.0310. The molecule has 0 fully saturated rings. The molecule has 1 heteroatoms. The molecule has 0 aliphatic heterocycles. The number of hydrogen-bond donors (Lipinski definition) is 0. The highest BCUT2D eigenvalue weighted by atomic mass is 15.0. The molecule has 0 N–H and O–H groups in total. The van der Waals surface area contributed by atoms with Crippen LogP contribution in [-0.4, -0.2) is 4.57 Å². The van der Waals surface area contributed by atoms with Gasteiger partial charge in [-0.25, -0.2) is 0 Å². The van der Waals surface area contributed by atoms with E-state index in [0.717, 1.165) is 0 Å². The second-order valence-corrected chi connectivity index (χ2v) is 19.0. The standard InChI is InChI=1S/C49H59N/c1-31(2)44-38(32-25-34(46(3,4)5)29-35(26-32)47(6,7)8)20-18-24-43(44)50-42-23-16-15-19-40(42)41-22-17-21-39(45(41)50)33-27-36(48(9,10)11)30-37(28-33)49(12,13)14/h15-31H,1-14H3. The SMILES string of the molecule is CC(C)c1c(-c2cc(C(C)(C)C)cc(C(C)(C)C)c2)cccc1-n1c2ccccc2c2cccc(-c3cc(C(C)(C)C)cc(C(C)(C)C)c3)c21. The molecule has 6 aromatic rings. The average Bonchev–Trinajstić information content (AvgIpc) is 3.37. The van der Waals surface area contributed by atoms with Crippen LogP contribution < -0.4 is 0 Å². The summed E-state index contributed by atoms with van der Waals surface area (Å²) >= 11 is 0. The van der Waals surface area contributed by atoms with Crippen molar-refractivity contribution in [1.82, 2.24) is 4.57 Å². The summed E-state index contributed by atoms with van der Waals surface area (Å²) in [5.74, 6) is 0.303. The zero-order chi connectivity index (χ0) is 36.6. The van der Waals surface area contributed by atoms with Crippen molar-refractivity contribution in [3.8, 4) is 27.9 Å². The minimum absolute atomic E-state index is 0.0310. The van der Waals surface area contributed by atoms with E-state index < -0.39 is 0 Å². The molecule has 1 heterocycles. The van der Waals surface area contributed by atoms with Gasteiger partial charge in [0.25, 0.3) is 0 Å². The summed E-state index contributed by atoms with van der Waals surface area (Å²) in [4.78, 5) is 0. The highest BCUT2D eigenvalue weighted by Gasteiger charge is 2.26. The van der Waals surface area contributed by atoms with Gasteiger partial charge in [0, 0.05) is 16.3 Å². The van der Waals surface area contributed by atoms with Gasteiger partial charge in [0.1, 0.15) is 0 Å². The molecule has 0 saturated heterocycles. The monoisotopic (exact) mass is 661 g/mol. The van der Waals surface area contributed by atoms with Gasteiger partial charge in [-0.05, 0) is 84.2 Å². The molecule has 6 rings (SSSR count). The Balaban J connectivity index is 1.74. The summed E-state index contributed by atoms with van der Waals surface area (Å²) in [6.45, 7) is 32.7. The van der Waals surface area contributed by atoms with E-state index in [1.54, 1.807) is 0 Å². The fraction of sp³-hybridized carbons (Fsp3) is 0.388. The van der Waals surface area contributed by atoms with Crippen LogP contribution in [0.2, 0.25) is 0 Å². The Morgan fingerprint density at radius 1 is 0.440 bits per heavy atom. The Kier molecular flexibility index (Phi) is 8.78. The first-order valence-electron chi connectivity index (χ1n) is 18.6. The number of fused-ring (bicyclic) bond motifs is 3. The highest BCUT2D eigenvalue weighted by molar-refractivity contribution is 6.14. The van der Waals surface area contributed by atoms with Gasteiger partial charge in [0.15, 0.2) is 0 Å². The summed E-state index contributed by atoms with van der Waals surface area (Å²) in [7, 11) is 0. The first-order chi connectivity index (χ1) is 23.2. The maximum atomic E-state index is 2.58. The second kappa shape index (κ2) is 12.3. The summed E-state index contributed by atoms with van der Waals surface area (Å²) in [6.07, 6.45) is 0. The lowest BCUT2D eigenvalue weighted by atomic mass is 9.78. The number of benzene rings is 5. The van der Waals surface area contributed by atoms with Crippen LogP contribution in [0, 0.1) is 0 Å². The fourth-order valence-electron chi connectivity index (χ4n) is 7.41. The van der Waals surface area contributed by atoms with E-state index in [1.807, 2.05) is 0 Å². The van der Waals surface area contributed by atoms with Crippen LogP contribution in [0.3, 0.4) is 0 Å². The van der Waals surface area contributed by atoms with Crippen LogP contribution in [0.5, 0.6) is 0 Å². The maximum Gasteiger partial charge on any atom is 0.0619 e. The van der Waals surface area contributed by atoms with Crippen LogP contribution in [-0.2, 0) is 21.7 Å². The molecule has 1 aromatic heterocycles. The Bertz CT molecular complexity index is 2140.